The molecule has 0 radical (unpaired) electrons. The molecule has 2 N–H and O–H groups in total. The third-order valence-electron chi connectivity index (χ3n) is 3.51. The molecule has 6 nitrogen and oxygen atoms in total. The molecule has 136 valence electrons. The van der Waals surface area contributed by atoms with Crippen LogP contribution < -0.4 is 11.4 Å². The minimum absolute atomic E-state index is 0.213. The highest BCUT2D eigenvalue weighted by Crippen LogP contribution is 2.46. The summed E-state index contributed by atoms with van der Waals surface area (Å²) in [5.74, 6) is 5.67. The number of hydrazine groups is 1. The first-order valence-electron chi connectivity index (χ1n) is 7.82. The predicted octanol–water partition coefficient (Wildman–Crippen LogP) is 3.09. The Morgan fingerprint density at radius 1 is 1.28 bits per heavy atom. The minimum atomic E-state index is -0.536. The Morgan fingerprint density at radius 3 is 2.36 bits per heavy atom. The molecule has 0 saturated carbocycles. The van der Waals surface area contributed by atoms with Crippen molar-refractivity contribution in [1.82, 2.24) is 14.8 Å². The zero-order chi connectivity index (χ0) is 19.2. The van der Waals surface area contributed by atoms with Crippen molar-refractivity contribution in [3.05, 3.63) is 39.0 Å². The van der Waals surface area contributed by atoms with Crippen molar-refractivity contribution >= 4 is 29.4 Å². The van der Waals surface area contributed by atoms with Gasteiger partial charge in [-0.3, -0.25) is 14.6 Å². The number of nitrogens with zero attached hydrogens (tertiary/aromatic N) is 3. The van der Waals surface area contributed by atoms with Gasteiger partial charge in [-0.05, 0) is 41.5 Å². The summed E-state index contributed by atoms with van der Waals surface area (Å²) in [6, 6.07) is 0. The van der Waals surface area contributed by atoms with Crippen molar-refractivity contribution in [3.63, 3.8) is 0 Å². The number of aromatic nitrogens is 2. The van der Waals surface area contributed by atoms with Crippen LogP contribution >= 0.6 is 23.5 Å². The molecule has 0 saturated heterocycles. The lowest BCUT2D eigenvalue weighted by atomic mass is 10.1. The van der Waals surface area contributed by atoms with Gasteiger partial charge in [-0.1, -0.05) is 36.2 Å². The molecule has 1 aliphatic rings. The summed E-state index contributed by atoms with van der Waals surface area (Å²) in [5, 5.41) is 5.46. The SMILES string of the molecule is C=CC1=C(C(=O)N(N)C(C)(C)C)Sc2c(cnn(C(C)(C)C)c2=O)S1. The summed E-state index contributed by atoms with van der Waals surface area (Å²) in [6.07, 6.45) is 3.27. The van der Waals surface area contributed by atoms with E-state index < -0.39 is 11.1 Å². The number of amides is 1. The summed E-state index contributed by atoms with van der Waals surface area (Å²) in [7, 11) is 0. The van der Waals surface area contributed by atoms with Crippen molar-refractivity contribution in [1.29, 1.82) is 0 Å². The average Bonchev–Trinajstić information content (AvgIpc) is 2.50. The average molecular weight is 381 g/mol. The molecule has 0 fully saturated rings. The summed E-state index contributed by atoms with van der Waals surface area (Å²) in [5.41, 5.74) is -1.20. The third-order valence-corrected chi connectivity index (χ3v) is 6.08. The first-order valence-corrected chi connectivity index (χ1v) is 9.45. The molecule has 8 heteroatoms. The summed E-state index contributed by atoms with van der Waals surface area (Å²) in [6.45, 7) is 15.1. The van der Waals surface area contributed by atoms with Crippen LogP contribution in [0.4, 0.5) is 0 Å². The van der Waals surface area contributed by atoms with Crippen LogP contribution in [0.15, 0.2) is 43.2 Å². The molecular formula is C17H24N4O2S2. The van der Waals surface area contributed by atoms with Crippen molar-refractivity contribution in [3.8, 4) is 0 Å². The second kappa shape index (κ2) is 6.66. The van der Waals surface area contributed by atoms with Gasteiger partial charge in [-0.15, -0.1) is 0 Å². The van der Waals surface area contributed by atoms with E-state index in [4.69, 9.17) is 5.84 Å². The van der Waals surface area contributed by atoms with Crippen LogP contribution in [-0.2, 0) is 10.3 Å². The van der Waals surface area contributed by atoms with Crippen LogP contribution in [0.3, 0.4) is 0 Å². The lowest BCUT2D eigenvalue weighted by Crippen LogP contribution is -2.51. The van der Waals surface area contributed by atoms with E-state index in [9.17, 15) is 9.59 Å². The highest BCUT2D eigenvalue weighted by atomic mass is 32.2. The number of carbonyl (C=O) groups excluding carboxylic acids is 1. The first kappa shape index (κ1) is 19.8. The fourth-order valence-corrected chi connectivity index (χ4v) is 4.26. The fourth-order valence-electron chi connectivity index (χ4n) is 2.08. The van der Waals surface area contributed by atoms with Crippen molar-refractivity contribution in [2.45, 2.75) is 62.4 Å². The summed E-state index contributed by atoms with van der Waals surface area (Å²) >= 11 is 2.46. The quantitative estimate of drug-likeness (QED) is 0.482. The van der Waals surface area contributed by atoms with Crippen molar-refractivity contribution in [2.75, 3.05) is 0 Å². The second-order valence-electron chi connectivity index (χ2n) is 7.67. The molecule has 0 aliphatic carbocycles. The Hall–Kier alpha value is -1.51. The van der Waals surface area contributed by atoms with Crippen molar-refractivity contribution < 1.29 is 4.79 Å². The van der Waals surface area contributed by atoms with Gasteiger partial charge >= 0.3 is 0 Å². The fraction of sp³-hybridized carbons (Fsp3) is 0.471. The predicted molar refractivity (Wildman–Crippen MR) is 103 cm³/mol. The number of thioether (sulfide) groups is 2. The Balaban J connectivity index is 2.54. The van der Waals surface area contributed by atoms with E-state index in [-0.39, 0.29) is 11.5 Å². The number of rotatable bonds is 2. The lowest BCUT2D eigenvalue weighted by Gasteiger charge is -2.33. The van der Waals surface area contributed by atoms with Gasteiger partial charge in [-0.25, -0.2) is 10.5 Å². The van der Waals surface area contributed by atoms with Gasteiger partial charge in [0.1, 0.15) is 0 Å². The normalized spacial score (nSPS) is 15.0. The molecule has 2 heterocycles. The molecule has 1 aliphatic heterocycles. The highest BCUT2D eigenvalue weighted by Gasteiger charge is 2.33. The number of nitrogens with two attached hydrogens (primary N) is 1. The van der Waals surface area contributed by atoms with E-state index in [1.165, 1.54) is 21.5 Å². The zero-order valence-corrected chi connectivity index (χ0v) is 17.0. The first-order chi connectivity index (χ1) is 11.4. The molecule has 0 atom stereocenters. The molecular weight excluding hydrogens is 356 g/mol. The lowest BCUT2D eigenvalue weighted by molar-refractivity contribution is -0.131. The Bertz CT molecular complexity index is 813. The standard InChI is InChI=1S/C17H24N4O2S2/c1-8-10-12(14(22)20(18)16(2,3)4)25-13-11(24-10)9-19-21(15(13)23)17(5,6)7/h8-9H,1,18H2,2-7H3. The van der Waals surface area contributed by atoms with E-state index in [1.807, 2.05) is 41.5 Å². The smallest absolute Gasteiger partial charge is 0.271 e. The van der Waals surface area contributed by atoms with Crippen molar-refractivity contribution in [2.24, 2.45) is 5.84 Å². The highest BCUT2D eigenvalue weighted by molar-refractivity contribution is 8.10. The van der Waals surface area contributed by atoms with Gasteiger partial charge < -0.3 is 0 Å². The maximum absolute atomic E-state index is 12.9. The van der Waals surface area contributed by atoms with Gasteiger partial charge in [0, 0.05) is 4.91 Å². The largest absolute Gasteiger partial charge is 0.282 e. The van der Waals surface area contributed by atoms with E-state index >= 15 is 0 Å². The van der Waals surface area contributed by atoms with Crippen LogP contribution in [0.25, 0.3) is 0 Å². The van der Waals surface area contributed by atoms with E-state index in [0.717, 1.165) is 16.7 Å². The molecule has 0 bridgehead atoms. The monoisotopic (exact) mass is 380 g/mol. The number of carbonyl (C=O) groups is 1. The van der Waals surface area contributed by atoms with Gasteiger partial charge in [0.15, 0.2) is 0 Å². The second-order valence-corrected chi connectivity index (χ2v) is 9.78. The molecule has 0 aromatic carbocycles. The van der Waals surface area contributed by atoms with E-state index in [0.29, 0.717) is 14.7 Å². The van der Waals surface area contributed by atoms with Crippen LogP contribution in [0.2, 0.25) is 0 Å². The molecule has 1 amide bonds. The third kappa shape index (κ3) is 3.86. The zero-order valence-electron chi connectivity index (χ0n) is 15.4. The van der Waals surface area contributed by atoms with E-state index in [1.54, 1.807) is 12.3 Å². The van der Waals surface area contributed by atoms with Gasteiger partial charge in [0.25, 0.3) is 11.5 Å². The number of hydrogen-bond donors (Lipinski definition) is 1. The molecule has 2 rings (SSSR count). The van der Waals surface area contributed by atoms with Crippen LogP contribution in [0.5, 0.6) is 0 Å². The maximum atomic E-state index is 12.9. The topological polar surface area (TPSA) is 81.2 Å². The van der Waals surface area contributed by atoms with Gasteiger partial charge in [0.05, 0.1) is 32.0 Å². The molecule has 1 aromatic heterocycles. The van der Waals surface area contributed by atoms with Crippen LogP contribution in [-0.4, -0.2) is 26.2 Å². The maximum Gasteiger partial charge on any atom is 0.282 e. The van der Waals surface area contributed by atoms with Gasteiger partial charge in [-0.2, -0.15) is 5.10 Å². The minimum Gasteiger partial charge on any atom is -0.271 e. The van der Waals surface area contributed by atoms with Crippen LogP contribution in [0, 0.1) is 0 Å². The summed E-state index contributed by atoms with van der Waals surface area (Å²) < 4.78 is 1.43. The molecule has 1 aromatic rings. The molecule has 25 heavy (non-hydrogen) atoms. The Labute approximate surface area is 156 Å². The Morgan fingerprint density at radius 2 is 1.88 bits per heavy atom. The number of allylic oxidation sites excluding steroid dienone is 1. The Kier molecular flexibility index (Phi) is 5.28. The molecule has 0 unspecified atom stereocenters. The molecule has 0 spiro atoms. The van der Waals surface area contributed by atoms with Crippen LogP contribution in [0.1, 0.15) is 41.5 Å². The number of hydrogen-bond acceptors (Lipinski definition) is 6. The number of fused-ring (bicyclic) bond motifs is 1. The van der Waals surface area contributed by atoms with E-state index in [2.05, 4.69) is 11.7 Å². The summed E-state index contributed by atoms with van der Waals surface area (Å²) in [4.78, 5) is 28.0. The van der Waals surface area contributed by atoms with Gasteiger partial charge in [0.2, 0.25) is 0 Å².